The first kappa shape index (κ1) is 7.89. The second kappa shape index (κ2) is 1.96. The Labute approximate surface area is 83.9 Å². The predicted octanol–water partition coefficient (Wildman–Crippen LogP) is 1.35. The van der Waals surface area contributed by atoms with Crippen LogP contribution in [0.2, 0.25) is 0 Å². The summed E-state index contributed by atoms with van der Waals surface area (Å²) in [6.45, 7) is 0. The summed E-state index contributed by atoms with van der Waals surface area (Å²) in [5.74, 6) is 1.88. The zero-order chi connectivity index (χ0) is 9.55. The van der Waals surface area contributed by atoms with Crippen molar-refractivity contribution >= 4 is 0 Å². The summed E-state index contributed by atoms with van der Waals surface area (Å²) in [7, 11) is 1.86. The fourth-order valence-electron chi connectivity index (χ4n) is 5.05. The molecule has 0 saturated heterocycles. The zero-order valence-electron chi connectivity index (χ0n) is 8.44. The van der Waals surface area contributed by atoms with E-state index in [2.05, 4.69) is 12.2 Å². The first-order valence-corrected chi connectivity index (χ1v) is 5.69. The number of rotatable bonds is 1. The highest BCUT2D eigenvalue weighted by Crippen LogP contribution is 2.81. The van der Waals surface area contributed by atoms with Crippen LogP contribution < -0.4 is 0 Å². The summed E-state index contributed by atoms with van der Waals surface area (Å²) in [5, 5.41) is 9.97. The minimum Gasteiger partial charge on any atom is -0.393 e. The minimum absolute atomic E-state index is 0.0711. The maximum absolute atomic E-state index is 9.97. The van der Waals surface area contributed by atoms with Gasteiger partial charge in [0.2, 0.25) is 0 Å². The van der Waals surface area contributed by atoms with Crippen molar-refractivity contribution in [3.05, 3.63) is 12.2 Å². The Bertz CT molecular complexity index is 337. The van der Waals surface area contributed by atoms with Gasteiger partial charge in [-0.05, 0) is 31.1 Å². The van der Waals surface area contributed by atoms with Crippen molar-refractivity contribution in [1.82, 2.24) is 0 Å². The molecule has 2 nitrogen and oxygen atoms in total. The first-order valence-electron chi connectivity index (χ1n) is 5.69. The molecule has 6 atom stereocenters. The summed E-state index contributed by atoms with van der Waals surface area (Å²) in [4.78, 5) is 0. The third-order valence-electron chi connectivity index (χ3n) is 5.52. The fourth-order valence-corrected chi connectivity index (χ4v) is 5.05. The molecular weight excluding hydrogens is 176 g/mol. The third-order valence-corrected chi connectivity index (χ3v) is 5.52. The molecule has 1 spiro atoms. The molecule has 3 saturated carbocycles. The van der Waals surface area contributed by atoms with Crippen molar-refractivity contribution in [2.45, 2.75) is 31.0 Å². The number of hydrogen-bond acceptors (Lipinski definition) is 2. The van der Waals surface area contributed by atoms with Gasteiger partial charge in [0.25, 0.3) is 0 Å². The average Bonchev–Trinajstić information content (AvgIpc) is 2.42. The van der Waals surface area contributed by atoms with E-state index in [1.165, 1.54) is 6.42 Å². The molecule has 4 rings (SSSR count). The Morgan fingerprint density at radius 2 is 2.29 bits per heavy atom. The van der Waals surface area contributed by atoms with E-state index in [1.54, 1.807) is 0 Å². The zero-order valence-corrected chi connectivity index (χ0v) is 8.44. The van der Waals surface area contributed by atoms with Gasteiger partial charge in [-0.1, -0.05) is 12.2 Å². The largest absolute Gasteiger partial charge is 0.393 e. The van der Waals surface area contributed by atoms with Gasteiger partial charge >= 0.3 is 0 Å². The van der Waals surface area contributed by atoms with Gasteiger partial charge in [-0.3, -0.25) is 0 Å². The molecule has 0 heterocycles. The summed E-state index contributed by atoms with van der Waals surface area (Å²) in [6.07, 6.45) is 7.94. The van der Waals surface area contributed by atoms with Crippen LogP contribution in [0.15, 0.2) is 12.2 Å². The van der Waals surface area contributed by atoms with Crippen molar-refractivity contribution in [2.24, 2.45) is 23.2 Å². The van der Waals surface area contributed by atoms with Gasteiger partial charge in [-0.2, -0.15) is 0 Å². The van der Waals surface area contributed by atoms with Gasteiger partial charge < -0.3 is 9.84 Å². The van der Waals surface area contributed by atoms with E-state index in [0.717, 1.165) is 18.8 Å². The van der Waals surface area contributed by atoms with Crippen molar-refractivity contribution in [2.75, 3.05) is 7.11 Å². The summed E-state index contributed by atoms with van der Waals surface area (Å²) < 4.78 is 5.84. The number of ether oxygens (including phenoxy) is 1. The number of methoxy groups -OCH3 is 1. The minimum atomic E-state index is -0.0711. The second-order valence-corrected chi connectivity index (χ2v) is 5.48. The Kier molecular flexibility index (Phi) is 1.10. The maximum Gasteiger partial charge on any atom is 0.0873 e. The van der Waals surface area contributed by atoms with Crippen LogP contribution in [0.3, 0.4) is 0 Å². The van der Waals surface area contributed by atoms with E-state index in [1.807, 2.05) is 7.11 Å². The molecule has 0 bridgehead atoms. The van der Waals surface area contributed by atoms with Gasteiger partial charge in [0.05, 0.1) is 11.7 Å². The maximum atomic E-state index is 9.97. The van der Waals surface area contributed by atoms with Crippen molar-refractivity contribution in [3.63, 3.8) is 0 Å². The van der Waals surface area contributed by atoms with E-state index in [-0.39, 0.29) is 17.1 Å². The lowest BCUT2D eigenvalue weighted by Gasteiger charge is -2.34. The van der Waals surface area contributed by atoms with Crippen molar-refractivity contribution in [1.29, 1.82) is 0 Å². The van der Waals surface area contributed by atoms with E-state index < -0.39 is 0 Å². The molecule has 2 heteroatoms. The van der Waals surface area contributed by atoms with Gasteiger partial charge in [0.1, 0.15) is 0 Å². The van der Waals surface area contributed by atoms with Crippen molar-refractivity contribution < 1.29 is 9.84 Å². The lowest BCUT2D eigenvalue weighted by atomic mass is 9.76. The quantitative estimate of drug-likeness (QED) is 0.635. The van der Waals surface area contributed by atoms with Crippen LogP contribution in [0.4, 0.5) is 0 Å². The van der Waals surface area contributed by atoms with Crippen LogP contribution in [0.1, 0.15) is 19.3 Å². The SMILES string of the molecule is CO[C@]12[C@@H]3C=C[C@]14CC[C@H](O)[C@@H]4C[C@@H]32. The highest BCUT2D eigenvalue weighted by molar-refractivity contribution is 5.44. The monoisotopic (exact) mass is 192 g/mol. The van der Waals surface area contributed by atoms with Crippen LogP contribution in [0.25, 0.3) is 0 Å². The number of fused-ring (bicyclic) bond motifs is 1. The number of aliphatic hydroxyl groups excluding tert-OH is 1. The normalized spacial score (nSPS) is 67.0. The van der Waals surface area contributed by atoms with E-state index >= 15 is 0 Å². The lowest BCUT2D eigenvalue weighted by molar-refractivity contribution is -0.0227. The Morgan fingerprint density at radius 1 is 1.43 bits per heavy atom. The molecule has 3 fully saturated rings. The average molecular weight is 192 g/mol. The highest BCUT2D eigenvalue weighted by atomic mass is 16.5. The fraction of sp³-hybridized carbons (Fsp3) is 0.833. The van der Waals surface area contributed by atoms with Crippen LogP contribution in [-0.2, 0) is 4.74 Å². The summed E-state index contributed by atoms with van der Waals surface area (Å²) in [5.41, 5.74) is 0.339. The molecule has 76 valence electrons. The molecule has 1 N–H and O–H groups in total. The molecule has 0 aliphatic heterocycles. The first-order chi connectivity index (χ1) is 6.76. The van der Waals surface area contributed by atoms with Crippen LogP contribution in [0.5, 0.6) is 0 Å². The molecule has 0 aromatic carbocycles. The van der Waals surface area contributed by atoms with E-state index in [9.17, 15) is 5.11 Å². The Hall–Kier alpha value is -0.340. The Morgan fingerprint density at radius 3 is 3.07 bits per heavy atom. The van der Waals surface area contributed by atoms with Crippen LogP contribution >= 0.6 is 0 Å². The van der Waals surface area contributed by atoms with Crippen LogP contribution in [0, 0.1) is 23.2 Å². The molecule has 0 aromatic heterocycles. The molecule has 4 aliphatic rings. The standard InChI is InChI=1S/C12H16O2/c1-14-12-7-2-4-11(12)5-3-10(13)9(11)6-8(7)12/h2,4,7-10,13H,3,5-6H2,1H3/t7-,8+,9+,10+,11-,12+/m1/s1. The highest BCUT2D eigenvalue weighted by Gasteiger charge is 2.83. The van der Waals surface area contributed by atoms with E-state index in [4.69, 9.17) is 4.74 Å². The van der Waals surface area contributed by atoms with Crippen LogP contribution in [-0.4, -0.2) is 23.9 Å². The molecule has 14 heavy (non-hydrogen) atoms. The van der Waals surface area contributed by atoms with Gasteiger partial charge in [-0.25, -0.2) is 0 Å². The molecule has 4 aliphatic carbocycles. The number of aliphatic hydroxyl groups is 1. The topological polar surface area (TPSA) is 29.5 Å². The van der Waals surface area contributed by atoms with Gasteiger partial charge in [0, 0.05) is 18.4 Å². The van der Waals surface area contributed by atoms with E-state index in [0.29, 0.717) is 11.8 Å². The number of hydrogen-bond donors (Lipinski definition) is 1. The van der Waals surface area contributed by atoms with Gasteiger partial charge in [-0.15, -0.1) is 0 Å². The molecule has 0 amide bonds. The van der Waals surface area contributed by atoms with Gasteiger partial charge in [0.15, 0.2) is 0 Å². The predicted molar refractivity (Wildman–Crippen MR) is 51.6 cm³/mol. The summed E-state index contributed by atoms with van der Waals surface area (Å²) in [6, 6.07) is 0. The molecule has 0 aromatic rings. The molecule has 0 unspecified atom stereocenters. The second-order valence-electron chi connectivity index (χ2n) is 5.48. The molecular formula is C12H16O2. The lowest BCUT2D eigenvalue weighted by Crippen LogP contribution is -2.37. The molecule has 0 radical (unpaired) electrons. The third kappa shape index (κ3) is 0.496. The van der Waals surface area contributed by atoms with Crippen molar-refractivity contribution in [3.8, 4) is 0 Å². The Balaban J connectivity index is 1.88. The summed E-state index contributed by atoms with van der Waals surface area (Å²) >= 11 is 0. The smallest absolute Gasteiger partial charge is 0.0873 e.